The zero-order valence-corrected chi connectivity index (χ0v) is 15.7. The van der Waals surface area contributed by atoms with E-state index in [2.05, 4.69) is 11.0 Å². The van der Waals surface area contributed by atoms with Crippen molar-refractivity contribution in [2.75, 3.05) is 37.9 Å². The molecule has 3 aromatic rings. The highest BCUT2D eigenvalue weighted by Gasteiger charge is 2.26. The van der Waals surface area contributed by atoms with Gasteiger partial charge in [-0.3, -0.25) is 4.79 Å². The molecule has 1 amide bonds. The Kier molecular flexibility index (Phi) is 4.17. The summed E-state index contributed by atoms with van der Waals surface area (Å²) in [6.45, 7) is 2.55. The second kappa shape index (κ2) is 6.99. The van der Waals surface area contributed by atoms with Crippen molar-refractivity contribution in [1.29, 1.82) is 5.26 Å². The number of piperazine rings is 1. The lowest BCUT2D eigenvalue weighted by Crippen LogP contribution is -2.49. The highest BCUT2D eigenvalue weighted by molar-refractivity contribution is 5.95. The summed E-state index contributed by atoms with van der Waals surface area (Å²) in [6.07, 6.45) is 0. The van der Waals surface area contributed by atoms with Crippen molar-refractivity contribution in [3.8, 4) is 17.6 Å². The predicted octanol–water partition coefficient (Wildman–Crippen LogP) is 2.80. The Labute approximate surface area is 167 Å². The molecular weight excluding hydrogens is 368 g/mol. The lowest BCUT2D eigenvalue weighted by Gasteiger charge is -2.35. The Morgan fingerprint density at radius 2 is 1.79 bits per heavy atom. The van der Waals surface area contributed by atoms with Gasteiger partial charge in [0.1, 0.15) is 11.9 Å². The van der Waals surface area contributed by atoms with Gasteiger partial charge in [-0.2, -0.15) is 5.26 Å². The first-order valence-corrected chi connectivity index (χ1v) is 9.47. The summed E-state index contributed by atoms with van der Waals surface area (Å²) in [5, 5.41) is 10.5. The monoisotopic (exact) mass is 386 g/mol. The van der Waals surface area contributed by atoms with E-state index in [4.69, 9.17) is 14.5 Å². The number of carbonyl (C=O) groups is 1. The van der Waals surface area contributed by atoms with Crippen LogP contribution in [-0.4, -0.2) is 48.8 Å². The van der Waals surface area contributed by atoms with Gasteiger partial charge in [0, 0.05) is 37.1 Å². The van der Waals surface area contributed by atoms with Crippen LogP contribution in [0.25, 0.3) is 10.9 Å². The molecule has 2 aliphatic rings. The molecule has 0 bridgehead atoms. The summed E-state index contributed by atoms with van der Waals surface area (Å²) in [5.41, 5.74) is 2.00. The maximum Gasteiger partial charge on any atom is 0.254 e. The number of para-hydroxylation sites is 1. The van der Waals surface area contributed by atoms with E-state index in [1.807, 2.05) is 35.2 Å². The number of rotatable bonds is 2. The number of aromatic nitrogens is 1. The summed E-state index contributed by atoms with van der Waals surface area (Å²) in [5.74, 6) is 1.92. The third-order valence-corrected chi connectivity index (χ3v) is 5.31. The maximum absolute atomic E-state index is 12.9. The fourth-order valence-electron chi connectivity index (χ4n) is 3.76. The zero-order chi connectivity index (χ0) is 19.8. The van der Waals surface area contributed by atoms with Crippen LogP contribution in [0.5, 0.6) is 11.5 Å². The average molecular weight is 386 g/mol. The van der Waals surface area contributed by atoms with Crippen LogP contribution in [0.1, 0.15) is 15.9 Å². The van der Waals surface area contributed by atoms with Gasteiger partial charge >= 0.3 is 0 Å². The molecule has 1 fully saturated rings. The minimum absolute atomic E-state index is 0.0325. The number of fused-ring (bicyclic) bond motifs is 2. The van der Waals surface area contributed by atoms with E-state index < -0.39 is 0 Å². The highest BCUT2D eigenvalue weighted by atomic mass is 16.7. The van der Waals surface area contributed by atoms with Crippen molar-refractivity contribution >= 4 is 22.6 Å². The molecule has 5 rings (SSSR count). The summed E-state index contributed by atoms with van der Waals surface area (Å²) < 4.78 is 10.7. The molecule has 7 heteroatoms. The zero-order valence-electron chi connectivity index (χ0n) is 15.7. The van der Waals surface area contributed by atoms with Crippen molar-refractivity contribution in [2.24, 2.45) is 0 Å². The first-order chi connectivity index (χ1) is 14.2. The van der Waals surface area contributed by atoms with Gasteiger partial charge in [0.05, 0.1) is 11.1 Å². The van der Waals surface area contributed by atoms with Gasteiger partial charge in [-0.25, -0.2) is 4.98 Å². The molecule has 0 N–H and O–H groups in total. The smallest absolute Gasteiger partial charge is 0.254 e. The van der Waals surface area contributed by atoms with Crippen LogP contribution in [0.15, 0.2) is 48.5 Å². The number of benzene rings is 2. The number of amides is 1. The van der Waals surface area contributed by atoms with E-state index in [9.17, 15) is 10.1 Å². The number of anilines is 1. The van der Waals surface area contributed by atoms with E-state index in [0.29, 0.717) is 54.6 Å². The van der Waals surface area contributed by atoms with Gasteiger partial charge in [0.15, 0.2) is 11.5 Å². The van der Waals surface area contributed by atoms with Gasteiger partial charge in [-0.15, -0.1) is 0 Å². The van der Waals surface area contributed by atoms with E-state index in [-0.39, 0.29) is 12.7 Å². The van der Waals surface area contributed by atoms with Crippen molar-refractivity contribution in [2.45, 2.75) is 0 Å². The van der Waals surface area contributed by atoms with Gasteiger partial charge in [-0.05, 0) is 30.3 Å². The first-order valence-electron chi connectivity index (χ1n) is 9.47. The normalized spacial score (nSPS) is 15.4. The first kappa shape index (κ1) is 17.3. The van der Waals surface area contributed by atoms with E-state index in [1.165, 1.54) is 0 Å². The van der Waals surface area contributed by atoms with Gasteiger partial charge in [0.25, 0.3) is 5.91 Å². The van der Waals surface area contributed by atoms with Crippen molar-refractivity contribution in [1.82, 2.24) is 9.88 Å². The van der Waals surface area contributed by atoms with Gasteiger partial charge in [0.2, 0.25) is 6.79 Å². The topological polar surface area (TPSA) is 78.7 Å². The van der Waals surface area contributed by atoms with Gasteiger partial charge in [-0.1, -0.05) is 18.2 Å². The van der Waals surface area contributed by atoms with Crippen LogP contribution in [0, 0.1) is 11.3 Å². The molecule has 2 aromatic carbocycles. The molecule has 0 unspecified atom stereocenters. The van der Waals surface area contributed by atoms with Crippen LogP contribution in [0.3, 0.4) is 0 Å². The largest absolute Gasteiger partial charge is 0.454 e. The molecule has 3 heterocycles. The summed E-state index contributed by atoms with van der Waals surface area (Å²) >= 11 is 0. The Morgan fingerprint density at radius 3 is 2.62 bits per heavy atom. The number of pyridine rings is 1. The van der Waals surface area contributed by atoms with Crippen LogP contribution >= 0.6 is 0 Å². The lowest BCUT2D eigenvalue weighted by molar-refractivity contribution is 0.0746. The van der Waals surface area contributed by atoms with Crippen LogP contribution < -0.4 is 14.4 Å². The molecule has 1 aromatic heterocycles. The van der Waals surface area contributed by atoms with E-state index >= 15 is 0 Å². The molecule has 7 nitrogen and oxygen atoms in total. The lowest BCUT2D eigenvalue weighted by atomic mass is 10.1. The van der Waals surface area contributed by atoms with Crippen molar-refractivity contribution in [3.05, 3.63) is 59.7 Å². The quantitative estimate of drug-likeness (QED) is 0.674. The second-order valence-corrected chi connectivity index (χ2v) is 7.01. The molecule has 0 aliphatic carbocycles. The van der Waals surface area contributed by atoms with Crippen molar-refractivity contribution in [3.63, 3.8) is 0 Å². The number of ether oxygens (including phenoxy) is 2. The highest BCUT2D eigenvalue weighted by Crippen LogP contribution is 2.33. The molecule has 2 aliphatic heterocycles. The molecule has 0 saturated carbocycles. The average Bonchev–Trinajstić information content (AvgIpc) is 3.25. The third-order valence-electron chi connectivity index (χ3n) is 5.31. The third kappa shape index (κ3) is 3.09. The fraction of sp³-hybridized carbons (Fsp3) is 0.227. The summed E-state index contributed by atoms with van der Waals surface area (Å²) in [6, 6.07) is 17.2. The Balaban J connectivity index is 1.33. The molecule has 144 valence electrons. The van der Waals surface area contributed by atoms with E-state index in [1.54, 1.807) is 18.2 Å². The molecule has 0 spiro atoms. The fourth-order valence-corrected chi connectivity index (χ4v) is 3.76. The minimum atomic E-state index is -0.0325. The molecule has 1 saturated heterocycles. The molecule has 0 radical (unpaired) electrons. The number of nitriles is 1. The van der Waals surface area contributed by atoms with Crippen LogP contribution in [0.4, 0.5) is 5.82 Å². The number of carbonyl (C=O) groups excluding carboxylic acids is 1. The summed E-state index contributed by atoms with van der Waals surface area (Å²) in [7, 11) is 0. The van der Waals surface area contributed by atoms with Crippen LogP contribution in [-0.2, 0) is 0 Å². The van der Waals surface area contributed by atoms with E-state index in [0.717, 1.165) is 10.9 Å². The summed E-state index contributed by atoms with van der Waals surface area (Å²) in [4.78, 5) is 21.5. The second-order valence-electron chi connectivity index (χ2n) is 7.01. The number of hydrogen-bond donors (Lipinski definition) is 0. The number of nitrogens with zero attached hydrogens (tertiary/aromatic N) is 4. The minimum Gasteiger partial charge on any atom is -0.454 e. The molecular formula is C22H18N4O3. The Morgan fingerprint density at radius 1 is 1.00 bits per heavy atom. The Hall–Kier alpha value is -3.79. The number of hydrogen-bond acceptors (Lipinski definition) is 6. The standard InChI is InChI=1S/C22H18N4O3/c23-13-17-11-15-3-1-2-4-18(15)24-21(17)25-7-9-26(10-8-25)22(27)16-5-6-19-20(12-16)29-14-28-19/h1-6,11-12H,7-10,14H2. The molecule has 29 heavy (non-hydrogen) atoms. The van der Waals surface area contributed by atoms with Crippen molar-refractivity contribution < 1.29 is 14.3 Å². The van der Waals surface area contributed by atoms with Gasteiger partial charge < -0.3 is 19.3 Å². The van der Waals surface area contributed by atoms with Crippen LogP contribution in [0.2, 0.25) is 0 Å². The Bertz CT molecular complexity index is 1150. The maximum atomic E-state index is 12.9. The SMILES string of the molecule is N#Cc1cc2ccccc2nc1N1CCN(C(=O)c2ccc3c(c2)OCO3)CC1. The molecule has 0 atom stereocenters. The predicted molar refractivity (Wildman–Crippen MR) is 107 cm³/mol.